The Morgan fingerprint density at radius 3 is 2.72 bits per heavy atom. The van der Waals surface area contributed by atoms with E-state index in [2.05, 4.69) is 0 Å². The molecule has 0 amide bonds. The Labute approximate surface area is 107 Å². The second-order valence-electron chi connectivity index (χ2n) is 4.88. The minimum atomic E-state index is -0.474. The summed E-state index contributed by atoms with van der Waals surface area (Å²) in [4.78, 5) is 11.8. The van der Waals surface area contributed by atoms with E-state index in [0.717, 1.165) is 12.8 Å². The summed E-state index contributed by atoms with van der Waals surface area (Å²) in [7, 11) is 0. The molecule has 2 rings (SSSR count). The third-order valence-corrected chi connectivity index (χ3v) is 3.42. The monoisotopic (exact) mass is 249 g/mol. The number of nitrogen functional groups attached to an aromatic ring is 1. The highest BCUT2D eigenvalue weighted by Gasteiger charge is 2.18. The molecule has 0 saturated heterocycles. The first kappa shape index (κ1) is 12.7. The molecule has 0 heterocycles. The van der Waals surface area contributed by atoms with Crippen molar-refractivity contribution in [1.82, 2.24) is 0 Å². The van der Waals surface area contributed by atoms with Crippen LogP contribution in [0.1, 0.15) is 42.5 Å². The third-order valence-electron chi connectivity index (χ3n) is 3.42. The van der Waals surface area contributed by atoms with Crippen LogP contribution in [-0.2, 0) is 4.74 Å². The number of phenolic OH excluding ortho intramolecular Hbond substituents is 1. The lowest BCUT2D eigenvalue weighted by Crippen LogP contribution is -2.16. The molecule has 3 N–H and O–H groups in total. The minimum absolute atomic E-state index is 0.122. The van der Waals surface area contributed by atoms with Crippen molar-refractivity contribution in [3.8, 4) is 5.75 Å². The lowest BCUT2D eigenvalue weighted by atomic mass is 9.90. The summed E-state index contributed by atoms with van der Waals surface area (Å²) in [5.41, 5.74) is 6.11. The van der Waals surface area contributed by atoms with Crippen molar-refractivity contribution in [2.45, 2.75) is 32.1 Å². The molecule has 0 bridgehead atoms. The lowest BCUT2D eigenvalue weighted by Gasteiger charge is -2.21. The summed E-state index contributed by atoms with van der Waals surface area (Å²) in [6.45, 7) is 0.447. The van der Waals surface area contributed by atoms with Gasteiger partial charge in [0.2, 0.25) is 0 Å². The maximum absolute atomic E-state index is 11.8. The van der Waals surface area contributed by atoms with E-state index in [0.29, 0.717) is 18.2 Å². The molecule has 1 aromatic rings. The lowest BCUT2D eigenvalue weighted by molar-refractivity contribution is 0.0407. The number of aromatic hydroxyl groups is 1. The number of hydrogen-bond acceptors (Lipinski definition) is 4. The number of anilines is 1. The first-order valence-corrected chi connectivity index (χ1v) is 6.42. The van der Waals surface area contributed by atoms with Crippen LogP contribution in [0.2, 0.25) is 0 Å². The Bertz CT molecular complexity index is 425. The quantitative estimate of drug-likeness (QED) is 0.638. The van der Waals surface area contributed by atoms with Crippen LogP contribution < -0.4 is 5.73 Å². The van der Waals surface area contributed by atoms with Crippen molar-refractivity contribution >= 4 is 11.7 Å². The van der Waals surface area contributed by atoms with Crippen LogP contribution in [0.4, 0.5) is 5.69 Å². The van der Waals surface area contributed by atoms with Gasteiger partial charge in [0.05, 0.1) is 6.61 Å². The number of benzene rings is 1. The summed E-state index contributed by atoms with van der Waals surface area (Å²) in [6.07, 6.45) is 5.97. The van der Waals surface area contributed by atoms with Gasteiger partial charge in [-0.25, -0.2) is 4.79 Å². The van der Waals surface area contributed by atoms with Crippen LogP contribution in [0, 0.1) is 5.92 Å². The van der Waals surface area contributed by atoms with Gasteiger partial charge >= 0.3 is 5.97 Å². The molecule has 4 heteroatoms. The molecule has 0 aromatic heterocycles. The van der Waals surface area contributed by atoms with Gasteiger partial charge in [-0.2, -0.15) is 0 Å². The predicted molar refractivity (Wildman–Crippen MR) is 69.4 cm³/mol. The Morgan fingerprint density at radius 1 is 1.33 bits per heavy atom. The number of esters is 1. The van der Waals surface area contributed by atoms with E-state index in [1.165, 1.54) is 31.4 Å². The number of rotatable bonds is 3. The zero-order chi connectivity index (χ0) is 13.0. The van der Waals surface area contributed by atoms with Crippen molar-refractivity contribution < 1.29 is 14.6 Å². The van der Waals surface area contributed by atoms with E-state index < -0.39 is 5.97 Å². The van der Waals surface area contributed by atoms with E-state index in [9.17, 15) is 9.90 Å². The largest absolute Gasteiger partial charge is 0.507 e. The van der Waals surface area contributed by atoms with Crippen molar-refractivity contribution in [2.75, 3.05) is 12.3 Å². The number of carbonyl (C=O) groups is 1. The molecule has 98 valence electrons. The molecule has 18 heavy (non-hydrogen) atoms. The molecule has 0 atom stereocenters. The Hall–Kier alpha value is -1.71. The molecule has 1 aliphatic rings. The second kappa shape index (κ2) is 5.76. The van der Waals surface area contributed by atoms with Crippen molar-refractivity contribution in [3.05, 3.63) is 23.8 Å². The molecule has 0 radical (unpaired) electrons. The molecular formula is C14H19NO3. The number of nitrogens with two attached hydrogens (primary N) is 1. The van der Waals surface area contributed by atoms with Gasteiger partial charge in [-0.05, 0) is 30.9 Å². The second-order valence-corrected chi connectivity index (χ2v) is 4.88. The fraction of sp³-hybridized carbons (Fsp3) is 0.500. The van der Waals surface area contributed by atoms with Crippen LogP contribution in [0.5, 0.6) is 5.75 Å². The summed E-state index contributed by atoms with van der Waals surface area (Å²) in [6, 6.07) is 4.43. The fourth-order valence-electron chi connectivity index (χ4n) is 2.35. The Kier molecular flexibility index (Phi) is 4.07. The van der Waals surface area contributed by atoms with E-state index >= 15 is 0 Å². The normalized spacial score (nSPS) is 16.4. The highest BCUT2D eigenvalue weighted by molar-refractivity contribution is 5.92. The van der Waals surface area contributed by atoms with E-state index in [-0.39, 0.29) is 11.3 Å². The molecule has 1 saturated carbocycles. The molecular weight excluding hydrogens is 230 g/mol. The molecule has 0 unspecified atom stereocenters. The van der Waals surface area contributed by atoms with Crippen molar-refractivity contribution in [3.63, 3.8) is 0 Å². The van der Waals surface area contributed by atoms with Crippen molar-refractivity contribution in [2.24, 2.45) is 5.92 Å². The van der Waals surface area contributed by atoms with Crippen LogP contribution in [-0.4, -0.2) is 17.7 Å². The average Bonchev–Trinajstić information content (AvgIpc) is 2.37. The van der Waals surface area contributed by atoms with Gasteiger partial charge in [0, 0.05) is 11.8 Å². The van der Waals surface area contributed by atoms with E-state index in [4.69, 9.17) is 10.5 Å². The van der Waals surface area contributed by atoms with Gasteiger partial charge in [0.25, 0.3) is 0 Å². The zero-order valence-electron chi connectivity index (χ0n) is 10.4. The molecule has 4 nitrogen and oxygen atoms in total. The van der Waals surface area contributed by atoms with Crippen molar-refractivity contribution in [1.29, 1.82) is 0 Å². The Morgan fingerprint density at radius 2 is 2.06 bits per heavy atom. The molecule has 0 spiro atoms. The maximum Gasteiger partial charge on any atom is 0.341 e. The van der Waals surface area contributed by atoms with E-state index in [1.54, 1.807) is 6.07 Å². The summed E-state index contributed by atoms with van der Waals surface area (Å²) < 4.78 is 5.25. The van der Waals surface area contributed by atoms with Gasteiger partial charge in [0.1, 0.15) is 11.3 Å². The highest BCUT2D eigenvalue weighted by atomic mass is 16.5. The smallest absolute Gasteiger partial charge is 0.341 e. The molecule has 1 aliphatic carbocycles. The topological polar surface area (TPSA) is 72.6 Å². The summed E-state index contributed by atoms with van der Waals surface area (Å²) >= 11 is 0. The van der Waals surface area contributed by atoms with Gasteiger partial charge in [0.15, 0.2) is 0 Å². The summed E-state index contributed by atoms with van der Waals surface area (Å²) in [5, 5.41) is 9.62. The predicted octanol–water partition coefficient (Wildman–Crippen LogP) is 2.71. The van der Waals surface area contributed by atoms with Crippen LogP contribution in [0.25, 0.3) is 0 Å². The average molecular weight is 249 g/mol. The molecule has 1 fully saturated rings. The number of carbonyl (C=O) groups excluding carboxylic acids is 1. The number of phenols is 1. The van der Waals surface area contributed by atoms with Gasteiger partial charge in [-0.1, -0.05) is 19.3 Å². The summed E-state index contributed by atoms with van der Waals surface area (Å²) in [5.74, 6) is -0.125. The van der Waals surface area contributed by atoms with E-state index in [1.807, 2.05) is 0 Å². The van der Waals surface area contributed by atoms with Crippen LogP contribution in [0.15, 0.2) is 18.2 Å². The Balaban J connectivity index is 1.90. The van der Waals surface area contributed by atoms with Gasteiger partial charge in [-0.15, -0.1) is 0 Å². The fourth-order valence-corrected chi connectivity index (χ4v) is 2.35. The van der Waals surface area contributed by atoms with Crippen LogP contribution >= 0.6 is 0 Å². The van der Waals surface area contributed by atoms with Gasteiger partial charge < -0.3 is 15.6 Å². The maximum atomic E-state index is 11.8. The first-order chi connectivity index (χ1) is 8.66. The number of hydrogen-bond donors (Lipinski definition) is 2. The zero-order valence-corrected chi connectivity index (χ0v) is 10.4. The first-order valence-electron chi connectivity index (χ1n) is 6.42. The standard InChI is InChI=1S/C14H19NO3/c15-11-6-7-12(13(16)8-11)14(17)18-9-10-4-2-1-3-5-10/h6-8,10,16H,1-5,9,15H2. The molecule has 1 aromatic carbocycles. The number of ether oxygens (including phenoxy) is 1. The van der Waals surface area contributed by atoms with Gasteiger partial charge in [-0.3, -0.25) is 0 Å². The SMILES string of the molecule is Nc1ccc(C(=O)OCC2CCCCC2)c(O)c1. The molecule has 0 aliphatic heterocycles. The minimum Gasteiger partial charge on any atom is -0.507 e. The highest BCUT2D eigenvalue weighted by Crippen LogP contribution is 2.25. The van der Waals surface area contributed by atoms with Crippen LogP contribution in [0.3, 0.4) is 0 Å². The third kappa shape index (κ3) is 3.15.